The van der Waals surface area contributed by atoms with Gasteiger partial charge in [0.1, 0.15) is 5.82 Å². The molecule has 0 saturated carbocycles. The molecule has 1 aromatic rings. The summed E-state index contributed by atoms with van der Waals surface area (Å²) in [7, 11) is 0. The van der Waals surface area contributed by atoms with E-state index < -0.39 is 11.7 Å². The van der Waals surface area contributed by atoms with Crippen LogP contribution in [0, 0.1) is 0 Å². The Balaban J connectivity index is 1.83. The van der Waals surface area contributed by atoms with Crippen LogP contribution in [0.5, 0.6) is 0 Å². The van der Waals surface area contributed by atoms with E-state index in [-0.39, 0.29) is 5.02 Å². The molecule has 2 aliphatic heterocycles. The summed E-state index contributed by atoms with van der Waals surface area (Å²) in [4.78, 5) is 5.93. The summed E-state index contributed by atoms with van der Waals surface area (Å²) in [6.45, 7) is 1.51. The molecule has 2 bridgehead atoms. The van der Waals surface area contributed by atoms with Crippen LogP contribution in [0.1, 0.15) is 24.8 Å². The number of aromatic nitrogens is 1. The van der Waals surface area contributed by atoms with Gasteiger partial charge < -0.3 is 10.2 Å². The van der Waals surface area contributed by atoms with Gasteiger partial charge in [0.15, 0.2) is 0 Å². The molecule has 2 saturated heterocycles. The Bertz CT molecular complexity index is 506. The number of hydrogen-bond donors (Lipinski definition) is 1. The maximum absolute atomic E-state index is 12.6. The van der Waals surface area contributed by atoms with Gasteiger partial charge in [-0.15, -0.1) is 0 Å². The van der Waals surface area contributed by atoms with Crippen LogP contribution in [-0.4, -0.2) is 30.2 Å². The van der Waals surface area contributed by atoms with E-state index in [0.29, 0.717) is 17.9 Å². The molecule has 1 N–H and O–H groups in total. The maximum atomic E-state index is 12.6. The number of hydrogen-bond acceptors (Lipinski definition) is 3. The van der Waals surface area contributed by atoms with Crippen molar-refractivity contribution in [1.82, 2.24) is 10.3 Å². The molecule has 0 amide bonds. The molecular weight excluding hydrogens is 291 g/mol. The third-order valence-electron chi connectivity index (χ3n) is 3.97. The first kappa shape index (κ1) is 13.9. The molecule has 0 radical (unpaired) electrons. The molecule has 0 spiro atoms. The highest BCUT2D eigenvalue weighted by Crippen LogP contribution is 2.34. The van der Waals surface area contributed by atoms with Crippen molar-refractivity contribution >= 4 is 17.4 Å². The third-order valence-corrected chi connectivity index (χ3v) is 4.25. The molecule has 20 heavy (non-hydrogen) atoms. The van der Waals surface area contributed by atoms with Crippen molar-refractivity contribution in [2.24, 2.45) is 0 Å². The van der Waals surface area contributed by atoms with Crippen LogP contribution in [0.15, 0.2) is 12.3 Å². The summed E-state index contributed by atoms with van der Waals surface area (Å²) in [5.41, 5.74) is -0.805. The molecule has 2 fully saturated rings. The summed E-state index contributed by atoms with van der Waals surface area (Å²) in [6.07, 6.45) is -0.312. The van der Waals surface area contributed by atoms with Gasteiger partial charge in [0, 0.05) is 31.4 Å². The first-order chi connectivity index (χ1) is 9.43. The molecule has 3 rings (SSSR count). The summed E-state index contributed by atoms with van der Waals surface area (Å²) in [5, 5.41) is 3.58. The van der Waals surface area contributed by atoms with E-state index in [2.05, 4.69) is 10.3 Å². The molecule has 0 aromatic carbocycles. The Morgan fingerprint density at radius 1 is 1.25 bits per heavy atom. The zero-order valence-corrected chi connectivity index (χ0v) is 11.5. The third kappa shape index (κ3) is 2.72. The van der Waals surface area contributed by atoms with Crippen LogP contribution in [0.25, 0.3) is 0 Å². The standard InChI is InChI=1S/C13H15ClF3N3/c14-11-5-8(13(15,16)17)6-18-12(11)20-4-3-9-1-2-10(7-20)19-9/h5-6,9-10,19H,1-4,7H2. The monoisotopic (exact) mass is 305 g/mol. The number of fused-ring (bicyclic) bond motifs is 2. The van der Waals surface area contributed by atoms with Gasteiger partial charge in [-0.2, -0.15) is 13.2 Å². The van der Waals surface area contributed by atoms with Gasteiger partial charge in [-0.3, -0.25) is 0 Å². The van der Waals surface area contributed by atoms with Crippen molar-refractivity contribution < 1.29 is 13.2 Å². The Hall–Kier alpha value is -1.01. The van der Waals surface area contributed by atoms with E-state index in [1.54, 1.807) is 0 Å². The van der Waals surface area contributed by atoms with Crippen molar-refractivity contribution in [2.75, 3.05) is 18.0 Å². The molecule has 2 unspecified atom stereocenters. The predicted octanol–water partition coefficient (Wildman–Crippen LogP) is 3.08. The number of anilines is 1. The van der Waals surface area contributed by atoms with Crippen molar-refractivity contribution in [3.63, 3.8) is 0 Å². The van der Waals surface area contributed by atoms with Gasteiger partial charge in [-0.25, -0.2) is 4.98 Å². The lowest BCUT2D eigenvalue weighted by molar-refractivity contribution is -0.137. The lowest BCUT2D eigenvalue weighted by atomic mass is 10.1. The van der Waals surface area contributed by atoms with Crippen LogP contribution in [-0.2, 0) is 6.18 Å². The lowest BCUT2D eigenvalue weighted by Gasteiger charge is -2.26. The highest BCUT2D eigenvalue weighted by atomic mass is 35.5. The number of alkyl halides is 3. The highest BCUT2D eigenvalue weighted by Gasteiger charge is 2.33. The first-order valence-corrected chi connectivity index (χ1v) is 7.05. The molecular formula is C13H15ClF3N3. The molecule has 7 heteroatoms. The number of pyridine rings is 1. The fraction of sp³-hybridized carbons (Fsp3) is 0.615. The number of halogens is 4. The van der Waals surface area contributed by atoms with Gasteiger partial charge in [0.05, 0.1) is 10.6 Å². The average molecular weight is 306 g/mol. The highest BCUT2D eigenvalue weighted by molar-refractivity contribution is 6.33. The molecule has 3 nitrogen and oxygen atoms in total. The molecule has 2 aliphatic rings. The van der Waals surface area contributed by atoms with E-state index in [4.69, 9.17) is 11.6 Å². The molecule has 110 valence electrons. The number of nitrogens with one attached hydrogen (secondary N) is 1. The largest absolute Gasteiger partial charge is 0.417 e. The first-order valence-electron chi connectivity index (χ1n) is 6.67. The molecule has 2 atom stereocenters. The summed E-state index contributed by atoms with van der Waals surface area (Å²) in [5.74, 6) is 0.453. The molecule has 1 aromatic heterocycles. The fourth-order valence-electron chi connectivity index (χ4n) is 2.95. The topological polar surface area (TPSA) is 28.2 Å². The molecule has 0 aliphatic carbocycles. The maximum Gasteiger partial charge on any atom is 0.417 e. The van der Waals surface area contributed by atoms with Gasteiger partial charge >= 0.3 is 6.18 Å². The van der Waals surface area contributed by atoms with Gasteiger partial charge in [-0.05, 0) is 25.3 Å². The van der Waals surface area contributed by atoms with Crippen molar-refractivity contribution in [2.45, 2.75) is 37.5 Å². The lowest BCUT2D eigenvalue weighted by Crippen LogP contribution is -2.35. The molecule has 3 heterocycles. The van der Waals surface area contributed by atoms with E-state index >= 15 is 0 Å². The predicted molar refractivity (Wildman–Crippen MR) is 71.0 cm³/mol. The van der Waals surface area contributed by atoms with Crippen LogP contribution in [0.4, 0.5) is 19.0 Å². The summed E-state index contributed by atoms with van der Waals surface area (Å²) >= 11 is 6.00. The van der Waals surface area contributed by atoms with Crippen LogP contribution in [0.2, 0.25) is 5.02 Å². The quantitative estimate of drug-likeness (QED) is 0.864. The smallest absolute Gasteiger partial charge is 0.354 e. The van der Waals surface area contributed by atoms with E-state index in [9.17, 15) is 13.2 Å². The average Bonchev–Trinajstić information content (AvgIpc) is 2.69. The van der Waals surface area contributed by atoms with Crippen molar-refractivity contribution in [3.05, 3.63) is 22.8 Å². The fourth-order valence-corrected chi connectivity index (χ4v) is 3.24. The van der Waals surface area contributed by atoms with Gasteiger partial charge in [-0.1, -0.05) is 11.6 Å². The minimum atomic E-state index is -4.41. The zero-order chi connectivity index (χ0) is 14.3. The second-order valence-corrected chi connectivity index (χ2v) is 5.81. The second-order valence-electron chi connectivity index (χ2n) is 5.40. The number of rotatable bonds is 1. The van der Waals surface area contributed by atoms with Crippen molar-refractivity contribution in [3.8, 4) is 0 Å². The van der Waals surface area contributed by atoms with Crippen LogP contribution >= 0.6 is 11.6 Å². The number of nitrogens with zero attached hydrogens (tertiary/aromatic N) is 2. The zero-order valence-electron chi connectivity index (χ0n) is 10.8. The Kier molecular flexibility index (Phi) is 3.54. The van der Waals surface area contributed by atoms with Gasteiger partial charge in [0.25, 0.3) is 0 Å². The van der Waals surface area contributed by atoms with Crippen molar-refractivity contribution in [1.29, 1.82) is 0 Å². The van der Waals surface area contributed by atoms with E-state index in [1.165, 1.54) is 6.42 Å². The Morgan fingerprint density at radius 3 is 2.70 bits per heavy atom. The summed E-state index contributed by atoms with van der Waals surface area (Å²) < 4.78 is 37.8. The van der Waals surface area contributed by atoms with E-state index in [0.717, 1.165) is 38.2 Å². The minimum absolute atomic E-state index is 0.0672. The van der Waals surface area contributed by atoms with E-state index in [1.807, 2.05) is 4.90 Å². The Labute approximate surface area is 120 Å². The summed E-state index contributed by atoms with van der Waals surface area (Å²) in [6, 6.07) is 1.85. The minimum Gasteiger partial charge on any atom is -0.354 e. The van der Waals surface area contributed by atoms with Crippen LogP contribution in [0.3, 0.4) is 0 Å². The Morgan fingerprint density at radius 2 is 2.00 bits per heavy atom. The SMILES string of the molecule is FC(F)(F)c1cnc(N2CCC3CCC(C2)N3)c(Cl)c1. The van der Waals surface area contributed by atoms with Crippen LogP contribution < -0.4 is 10.2 Å². The van der Waals surface area contributed by atoms with Gasteiger partial charge in [0.2, 0.25) is 0 Å². The second kappa shape index (κ2) is 5.07. The normalized spacial score (nSPS) is 26.7.